The van der Waals surface area contributed by atoms with E-state index in [4.69, 9.17) is 9.26 Å². The third-order valence-corrected chi connectivity index (χ3v) is 4.10. The van der Waals surface area contributed by atoms with E-state index in [1.807, 2.05) is 24.4 Å². The predicted molar refractivity (Wildman–Crippen MR) is 96.0 cm³/mol. The van der Waals surface area contributed by atoms with Gasteiger partial charge in [0.25, 0.3) is 5.71 Å². The number of carbonyl (C=O) groups is 1. The van der Waals surface area contributed by atoms with E-state index in [9.17, 15) is 4.79 Å². The second-order valence-electron chi connectivity index (χ2n) is 5.69. The molecule has 3 aromatic heterocycles. The quantitative estimate of drug-likeness (QED) is 0.514. The number of H-pyrrole nitrogens is 1. The highest BCUT2D eigenvalue weighted by atomic mass is 16.5. The fourth-order valence-electron chi connectivity index (χ4n) is 2.91. The Morgan fingerprint density at radius 1 is 1.31 bits per heavy atom. The van der Waals surface area contributed by atoms with Crippen molar-refractivity contribution in [3.05, 3.63) is 48.0 Å². The topological polar surface area (TPSA) is 106 Å². The molecule has 26 heavy (non-hydrogen) atoms. The fraction of sp³-hybridized carbons (Fsp3) is 0.222. The molecule has 132 valence electrons. The summed E-state index contributed by atoms with van der Waals surface area (Å²) in [5, 5.41) is 8.65. The van der Waals surface area contributed by atoms with Crippen LogP contribution in [0.15, 0.2) is 41.3 Å². The maximum atomic E-state index is 12.0. The lowest BCUT2D eigenvalue weighted by Crippen LogP contribution is -2.09. The van der Waals surface area contributed by atoms with Crippen LogP contribution < -0.4 is 5.32 Å². The van der Waals surface area contributed by atoms with Gasteiger partial charge in [-0.15, -0.1) is 0 Å². The Kier molecular flexibility index (Phi) is 4.22. The van der Waals surface area contributed by atoms with E-state index in [0.717, 1.165) is 11.9 Å². The predicted octanol–water partition coefficient (Wildman–Crippen LogP) is 2.93. The Morgan fingerprint density at radius 2 is 2.19 bits per heavy atom. The van der Waals surface area contributed by atoms with Crippen molar-refractivity contribution >= 4 is 33.8 Å². The van der Waals surface area contributed by atoms with Gasteiger partial charge in [0, 0.05) is 23.6 Å². The van der Waals surface area contributed by atoms with E-state index < -0.39 is 5.97 Å². The smallest absolute Gasteiger partial charge is 0.361 e. The van der Waals surface area contributed by atoms with Crippen LogP contribution >= 0.6 is 0 Å². The van der Waals surface area contributed by atoms with Gasteiger partial charge in [-0.1, -0.05) is 23.4 Å². The molecule has 1 aromatic carbocycles. The molecular formula is C18H17N5O3. The van der Waals surface area contributed by atoms with Crippen molar-refractivity contribution in [2.24, 2.45) is 0 Å². The number of hydrogen-bond donors (Lipinski definition) is 2. The molecule has 3 heterocycles. The van der Waals surface area contributed by atoms with Gasteiger partial charge in [-0.25, -0.2) is 9.78 Å². The van der Waals surface area contributed by atoms with E-state index in [1.165, 1.54) is 17.3 Å². The summed E-state index contributed by atoms with van der Waals surface area (Å²) in [5.41, 5.74) is 2.64. The average Bonchev–Trinajstić information content (AvgIpc) is 3.27. The Morgan fingerprint density at radius 3 is 3.08 bits per heavy atom. The summed E-state index contributed by atoms with van der Waals surface area (Å²) in [6.45, 7) is 2.61. The van der Waals surface area contributed by atoms with Crippen molar-refractivity contribution < 1.29 is 14.1 Å². The monoisotopic (exact) mass is 351 g/mol. The number of aromatic amines is 1. The van der Waals surface area contributed by atoms with Gasteiger partial charge < -0.3 is 19.6 Å². The molecule has 0 fully saturated rings. The van der Waals surface area contributed by atoms with Gasteiger partial charge in [0.05, 0.1) is 6.61 Å². The van der Waals surface area contributed by atoms with E-state index in [0.29, 0.717) is 17.7 Å². The number of nitrogens with zero attached hydrogens (tertiary/aromatic N) is 3. The summed E-state index contributed by atoms with van der Waals surface area (Å²) in [6, 6.07) is 8.15. The number of hydrogen-bond acceptors (Lipinski definition) is 7. The molecule has 4 rings (SSSR count). The number of fused-ring (bicyclic) bond motifs is 2. The first-order valence-corrected chi connectivity index (χ1v) is 8.34. The minimum Gasteiger partial charge on any atom is -0.461 e. The summed E-state index contributed by atoms with van der Waals surface area (Å²) in [5.74, 6) is -0.0557. The lowest BCUT2D eigenvalue weighted by atomic mass is 10.1. The molecule has 0 saturated heterocycles. The summed E-state index contributed by atoms with van der Waals surface area (Å²) < 4.78 is 10.1. The van der Waals surface area contributed by atoms with Gasteiger partial charge in [-0.2, -0.15) is 4.98 Å². The Hall–Kier alpha value is -3.42. The second kappa shape index (κ2) is 6.83. The number of benzene rings is 1. The molecule has 0 aliphatic heterocycles. The highest BCUT2D eigenvalue weighted by Crippen LogP contribution is 2.24. The van der Waals surface area contributed by atoms with Crippen molar-refractivity contribution in [3.8, 4) is 0 Å². The minimum absolute atomic E-state index is 0.0806. The third kappa shape index (κ3) is 2.85. The lowest BCUT2D eigenvalue weighted by Gasteiger charge is -2.06. The summed E-state index contributed by atoms with van der Waals surface area (Å²) in [6.07, 6.45) is 4.16. The maximum absolute atomic E-state index is 12.0. The van der Waals surface area contributed by atoms with Crippen LogP contribution in [0.25, 0.3) is 22.0 Å². The fourth-order valence-corrected chi connectivity index (χ4v) is 2.91. The first-order chi connectivity index (χ1) is 12.8. The van der Waals surface area contributed by atoms with Crippen LogP contribution in [0.4, 0.5) is 5.82 Å². The van der Waals surface area contributed by atoms with Crippen molar-refractivity contribution in [2.75, 3.05) is 18.5 Å². The van der Waals surface area contributed by atoms with E-state index in [1.54, 1.807) is 6.92 Å². The van der Waals surface area contributed by atoms with E-state index in [-0.39, 0.29) is 18.0 Å². The molecule has 0 aliphatic rings. The highest BCUT2D eigenvalue weighted by Gasteiger charge is 2.22. The summed E-state index contributed by atoms with van der Waals surface area (Å²) in [4.78, 5) is 23.5. The number of esters is 1. The number of aromatic nitrogens is 4. The molecule has 0 saturated carbocycles. The zero-order valence-corrected chi connectivity index (χ0v) is 14.2. The molecule has 8 heteroatoms. The van der Waals surface area contributed by atoms with Crippen LogP contribution in [0.2, 0.25) is 0 Å². The van der Waals surface area contributed by atoms with Crippen LogP contribution in [0.5, 0.6) is 0 Å². The van der Waals surface area contributed by atoms with Gasteiger partial charge in [0.1, 0.15) is 17.5 Å². The van der Waals surface area contributed by atoms with Gasteiger partial charge >= 0.3 is 5.97 Å². The number of rotatable bonds is 6. The molecule has 0 radical (unpaired) electrons. The number of nitrogens with one attached hydrogen (secondary N) is 2. The average molecular weight is 351 g/mol. The minimum atomic E-state index is -0.555. The first kappa shape index (κ1) is 16.1. The normalized spacial score (nSPS) is 11.1. The lowest BCUT2D eigenvalue weighted by molar-refractivity contribution is 0.0517. The maximum Gasteiger partial charge on any atom is 0.361 e. The van der Waals surface area contributed by atoms with Crippen molar-refractivity contribution in [3.63, 3.8) is 0 Å². The highest BCUT2D eigenvalue weighted by molar-refractivity contribution is 6.04. The molecule has 8 nitrogen and oxygen atoms in total. The summed E-state index contributed by atoms with van der Waals surface area (Å²) >= 11 is 0. The van der Waals surface area contributed by atoms with Crippen LogP contribution in [-0.2, 0) is 11.2 Å². The molecule has 0 unspecified atom stereocenters. The van der Waals surface area contributed by atoms with Gasteiger partial charge in [0.2, 0.25) is 5.69 Å². The molecule has 4 aromatic rings. The van der Waals surface area contributed by atoms with E-state index in [2.05, 4.69) is 31.5 Å². The zero-order chi connectivity index (χ0) is 17.9. The molecule has 0 amide bonds. The van der Waals surface area contributed by atoms with Gasteiger partial charge in [0.15, 0.2) is 0 Å². The van der Waals surface area contributed by atoms with Gasteiger partial charge in [-0.05, 0) is 25.0 Å². The van der Waals surface area contributed by atoms with Crippen LogP contribution in [-0.4, -0.2) is 39.2 Å². The zero-order valence-electron chi connectivity index (χ0n) is 14.2. The van der Waals surface area contributed by atoms with Gasteiger partial charge in [-0.3, -0.25) is 0 Å². The Balaban J connectivity index is 1.55. The van der Waals surface area contributed by atoms with E-state index >= 15 is 0 Å². The van der Waals surface area contributed by atoms with Crippen LogP contribution in [0.3, 0.4) is 0 Å². The molecule has 2 N–H and O–H groups in total. The van der Waals surface area contributed by atoms with Crippen molar-refractivity contribution in [1.82, 2.24) is 20.1 Å². The van der Waals surface area contributed by atoms with Crippen LogP contribution in [0, 0.1) is 0 Å². The number of anilines is 1. The molecule has 0 bridgehead atoms. The van der Waals surface area contributed by atoms with Crippen LogP contribution in [0.1, 0.15) is 23.0 Å². The number of carbonyl (C=O) groups excluding carboxylic acids is 1. The SMILES string of the molecule is CCOC(=O)c1noc2ncnc(NCCc3c[nH]c4ccccc34)c12. The standard InChI is InChI=1S/C18H17N5O3/c1-2-25-18(24)15-14-16(21-10-22-17(14)26-23-15)19-8-7-11-9-20-13-6-4-3-5-12(11)13/h3-6,9-10,20H,2,7-8H2,1H3,(H,19,21,22). The Labute approximate surface area is 148 Å². The molecular weight excluding hydrogens is 334 g/mol. The van der Waals surface area contributed by atoms with Crippen molar-refractivity contribution in [2.45, 2.75) is 13.3 Å². The molecule has 0 atom stereocenters. The van der Waals surface area contributed by atoms with Crippen molar-refractivity contribution in [1.29, 1.82) is 0 Å². The molecule has 0 spiro atoms. The molecule has 0 aliphatic carbocycles. The second-order valence-corrected chi connectivity index (χ2v) is 5.69. The largest absolute Gasteiger partial charge is 0.461 e. The Bertz CT molecular complexity index is 1070. The summed E-state index contributed by atoms with van der Waals surface area (Å²) in [7, 11) is 0. The first-order valence-electron chi connectivity index (χ1n) is 8.34. The third-order valence-electron chi connectivity index (χ3n) is 4.10. The number of ether oxygens (including phenoxy) is 1. The number of para-hydroxylation sites is 1.